The van der Waals surface area contributed by atoms with Gasteiger partial charge in [-0.25, -0.2) is 0 Å². The zero-order chi connectivity index (χ0) is 11.3. The molecule has 0 aliphatic carbocycles. The Labute approximate surface area is 90.4 Å². The first-order valence-electron chi connectivity index (χ1n) is 5.12. The molecule has 0 aliphatic heterocycles. The fraction of sp³-hybridized carbons (Fsp3) is 0.417. The van der Waals surface area contributed by atoms with Crippen LogP contribution < -0.4 is 10.1 Å². The summed E-state index contributed by atoms with van der Waals surface area (Å²) >= 11 is 0. The summed E-state index contributed by atoms with van der Waals surface area (Å²) < 4.78 is 5.19. The largest absolute Gasteiger partial charge is 0.496 e. The molecule has 3 heteroatoms. The Kier molecular flexibility index (Phi) is 4.16. The van der Waals surface area contributed by atoms with Gasteiger partial charge in [0.25, 0.3) is 5.91 Å². The van der Waals surface area contributed by atoms with Crippen LogP contribution in [0, 0.1) is 0 Å². The van der Waals surface area contributed by atoms with Crippen molar-refractivity contribution in [2.75, 3.05) is 14.2 Å². The summed E-state index contributed by atoms with van der Waals surface area (Å²) in [6.45, 7) is 2.12. The van der Waals surface area contributed by atoms with Crippen LogP contribution in [0.5, 0.6) is 5.75 Å². The Morgan fingerprint density at radius 2 is 2.20 bits per heavy atom. The second kappa shape index (κ2) is 5.39. The molecule has 0 spiro atoms. The highest BCUT2D eigenvalue weighted by Crippen LogP contribution is 2.20. The molecule has 0 atom stereocenters. The Bertz CT molecular complexity index is 347. The Morgan fingerprint density at radius 1 is 1.47 bits per heavy atom. The van der Waals surface area contributed by atoms with Gasteiger partial charge >= 0.3 is 0 Å². The SMILES string of the molecule is CCCc1ccc(C(=O)NC)c(OC)c1. The first kappa shape index (κ1) is 11.6. The monoisotopic (exact) mass is 207 g/mol. The third kappa shape index (κ3) is 2.72. The van der Waals surface area contributed by atoms with Crippen LogP contribution in [0.4, 0.5) is 0 Å². The van der Waals surface area contributed by atoms with Gasteiger partial charge in [-0.3, -0.25) is 4.79 Å². The number of hydrogen-bond donors (Lipinski definition) is 1. The van der Waals surface area contributed by atoms with E-state index in [0.29, 0.717) is 11.3 Å². The van der Waals surface area contributed by atoms with Crippen LogP contribution >= 0.6 is 0 Å². The quantitative estimate of drug-likeness (QED) is 0.820. The van der Waals surface area contributed by atoms with Crippen molar-refractivity contribution in [3.8, 4) is 5.75 Å². The lowest BCUT2D eigenvalue weighted by Gasteiger charge is -2.09. The van der Waals surface area contributed by atoms with Gasteiger partial charge in [0.05, 0.1) is 12.7 Å². The van der Waals surface area contributed by atoms with Gasteiger partial charge in [0.1, 0.15) is 5.75 Å². The van der Waals surface area contributed by atoms with E-state index in [4.69, 9.17) is 4.74 Å². The van der Waals surface area contributed by atoms with Crippen LogP contribution in [-0.2, 0) is 6.42 Å². The van der Waals surface area contributed by atoms with Crippen molar-refractivity contribution in [1.29, 1.82) is 0 Å². The summed E-state index contributed by atoms with van der Waals surface area (Å²) in [4.78, 5) is 11.5. The van der Waals surface area contributed by atoms with Gasteiger partial charge in [0.2, 0.25) is 0 Å². The first-order valence-corrected chi connectivity index (χ1v) is 5.12. The summed E-state index contributed by atoms with van der Waals surface area (Å²) in [5.41, 5.74) is 1.78. The average Bonchev–Trinajstić information content (AvgIpc) is 2.28. The molecule has 0 radical (unpaired) electrons. The molecule has 1 N–H and O–H groups in total. The van der Waals surface area contributed by atoms with E-state index in [1.807, 2.05) is 18.2 Å². The standard InChI is InChI=1S/C12H17NO2/c1-4-5-9-6-7-10(12(14)13-2)11(8-9)15-3/h6-8H,4-5H2,1-3H3,(H,13,14). The number of rotatable bonds is 4. The fourth-order valence-electron chi connectivity index (χ4n) is 1.50. The highest BCUT2D eigenvalue weighted by atomic mass is 16.5. The predicted octanol–water partition coefficient (Wildman–Crippen LogP) is 2.01. The van der Waals surface area contributed by atoms with Crippen molar-refractivity contribution >= 4 is 5.91 Å². The molecule has 1 aromatic carbocycles. The van der Waals surface area contributed by atoms with Gasteiger partial charge in [-0.15, -0.1) is 0 Å². The number of nitrogens with one attached hydrogen (secondary N) is 1. The van der Waals surface area contributed by atoms with E-state index in [0.717, 1.165) is 12.8 Å². The number of carbonyl (C=O) groups is 1. The summed E-state index contributed by atoms with van der Waals surface area (Å²) in [7, 11) is 3.19. The number of carbonyl (C=O) groups excluding carboxylic acids is 1. The molecule has 0 bridgehead atoms. The molecule has 0 saturated heterocycles. The smallest absolute Gasteiger partial charge is 0.254 e. The van der Waals surface area contributed by atoms with Crippen LogP contribution in [-0.4, -0.2) is 20.1 Å². The fourth-order valence-corrected chi connectivity index (χ4v) is 1.50. The predicted molar refractivity (Wildman–Crippen MR) is 60.4 cm³/mol. The minimum absolute atomic E-state index is 0.116. The molecule has 0 fully saturated rings. The Morgan fingerprint density at radius 3 is 2.73 bits per heavy atom. The molecule has 82 valence electrons. The lowest BCUT2D eigenvalue weighted by atomic mass is 10.1. The molecule has 0 heterocycles. The number of benzene rings is 1. The van der Waals surface area contributed by atoms with Crippen molar-refractivity contribution in [3.63, 3.8) is 0 Å². The third-order valence-electron chi connectivity index (χ3n) is 2.28. The minimum atomic E-state index is -0.116. The second-order valence-corrected chi connectivity index (χ2v) is 3.36. The van der Waals surface area contributed by atoms with Crippen LogP contribution in [0.1, 0.15) is 29.3 Å². The van der Waals surface area contributed by atoms with E-state index in [2.05, 4.69) is 12.2 Å². The van der Waals surface area contributed by atoms with Crippen molar-refractivity contribution in [2.24, 2.45) is 0 Å². The topological polar surface area (TPSA) is 38.3 Å². The lowest BCUT2D eigenvalue weighted by Crippen LogP contribution is -2.18. The minimum Gasteiger partial charge on any atom is -0.496 e. The number of amides is 1. The van der Waals surface area contributed by atoms with Crippen LogP contribution in [0.3, 0.4) is 0 Å². The van der Waals surface area contributed by atoms with E-state index < -0.39 is 0 Å². The molecule has 0 aromatic heterocycles. The van der Waals surface area contributed by atoms with E-state index in [-0.39, 0.29) is 5.91 Å². The summed E-state index contributed by atoms with van der Waals surface area (Å²) in [5.74, 6) is 0.523. The maximum absolute atomic E-state index is 11.5. The number of methoxy groups -OCH3 is 1. The van der Waals surface area contributed by atoms with E-state index in [1.165, 1.54) is 5.56 Å². The number of ether oxygens (including phenoxy) is 1. The Hall–Kier alpha value is -1.51. The summed E-state index contributed by atoms with van der Waals surface area (Å²) in [5, 5.41) is 2.59. The highest BCUT2D eigenvalue weighted by Gasteiger charge is 2.10. The van der Waals surface area contributed by atoms with Crippen LogP contribution in [0.25, 0.3) is 0 Å². The van der Waals surface area contributed by atoms with Gasteiger partial charge in [-0.2, -0.15) is 0 Å². The molecule has 1 aromatic rings. The van der Waals surface area contributed by atoms with Crippen molar-refractivity contribution < 1.29 is 9.53 Å². The molecule has 15 heavy (non-hydrogen) atoms. The van der Waals surface area contributed by atoms with E-state index in [1.54, 1.807) is 14.2 Å². The van der Waals surface area contributed by atoms with Gasteiger partial charge in [-0.1, -0.05) is 19.4 Å². The molecule has 1 amide bonds. The lowest BCUT2D eigenvalue weighted by molar-refractivity contribution is 0.0960. The van der Waals surface area contributed by atoms with Gasteiger partial charge < -0.3 is 10.1 Å². The van der Waals surface area contributed by atoms with Gasteiger partial charge in [0, 0.05) is 7.05 Å². The maximum Gasteiger partial charge on any atom is 0.254 e. The van der Waals surface area contributed by atoms with Crippen molar-refractivity contribution in [2.45, 2.75) is 19.8 Å². The molecule has 0 unspecified atom stereocenters. The average molecular weight is 207 g/mol. The maximum atomic E-state index is 11.5. The van der Waals surface area contributed by atoms with Gasteiger partial charge in [-0.05, 0) is 24.1 Å². The zero-order valence-electron chi connectivity index (χ0n) is 9.46. The van der Waals surface area contributed by atoms with Crippen molar-refractivity contribution in [1.82, 2.24) is 5.32 Å². The molecular formula is C12H17NO2. The molecular weight excluding hydrogens is 190 g/mol. The normalized spacial score (nSPS) is 9.80. The van der Waals surface area contributed by atoms with Crippen LogP contribution in [0.15, 0.2) is 18.2 Å². The molecule has 0 saturated carbocycles. The highest BCUT2D eigenvalue weighted by molar-refractivity contribution is 5.96. The number of hydrogen-bond acceptors (Lipinski definition) is 2. The third-order valence-corrected chi connectivity index (χ3v) is 2.28. The molecule has 1 rings (SSSR count). The number of aryl methyl sites for hydroxylation is 1. The van der Waals surface area contributed by atoms with E-state index >= 15 is 0 Å². The summed E-state index contributed by atoms with van der Waals surface area (Å²) in [6.07, 6.45) is 2.09. The Balaban J connectivity index is 3.03. The van der Waals surface area contributed by atoms with Crippen molar-refractivity contribution in [3.05, 3.63) is 29.3 Å². The van der Waals surface area contributed by atoms with E-state index in [9.17, 15) is 4.79 Å². The zero-order valence-corrected chi connectivity index (χ0v) is 9.46. The molecule has 3 nitrogen and oxygen atoms in total. The molecule has 0 aliphatic rings. The first-order chi connectivity index (χ1) is 7.22. The summed E-state index contributed by atoms with van der Waals surface area (Å²) in [6, 6.07) is 5.70. The van der Waals surface area contributed by atoms with Crippen LogP contribution in [0.2, 0.25) is 0 Å². The second-order valence-electron chi connectivity index (χ2n) is 3.36. The van der Waals surface area contributed by atoms with Gasteiger partial charge in [0.15, 0.2) is 0 Å².